The maximum absolute atomic E-state index is 13.6. The Hall–Kier alpha value is -0.930. The average Bonchev–Trinajstić information content (AvgIpc) is 2.32. The molecule has 19 heavy (non-hydrogen) atoms. The van der Waals surface area contributed by atoms with Crippen molar-refractivity contribution in [1.82, 2.24) is 0 Å². The van der Waals surface area contributed by atoms with Crippen LogP contribution in [0.1, 0.15) is 38.7 Å². The van der Waals surface area contributed by atoms with Crippen molar-refractivity contribution >= 4 is 17.4 Å². The van der Waals surface area contributed by atoms with Gasteiger partial charge in [0.05, 0.1) is 0 Å². The fourth-order valence-electron chi connectivity index (χ4n) is 1.93. The van der Waals surface area contributed by atoms with Gasteiger partial charge in [0, 0.05) is 23.4 Å². The number of halogens is 2. The molecule has 2 unspecified atom stereocenters. The molecule has 0 aromatic heterocycles. The molecule has 106 valence electrons. The second-order valence-corrected chi connectivity index (χ2v) is 5.62. The van der Waals surface area contributed by atoms with Gasteiger partial charge in [0.2, 0.25) is 0 Å². The molecule has 4 heteroatoms. The van der Waals surface area contributed by atoms with Gasteiger partial charge in [0.1, 0.15) is 11.6 Å². The van der Waals surface area contributed by atoms with Crippen LogP contribution in [-0.2, 0) is 11.2 Å². The fourth-order valence-corrected chi connectivity index (χ4v) is 2.09. The molecule has 0 aliphatic carbocycles. The zero-order valence-electron chi connectivity index (χ0n) is 11.5. The molecular formula is C15H21ClFNO. The minimum absolute atomic E-state index is 0.0610. The summed E-state index contributed by atoms with van der Waals surface area (Å²) >= 11 is 5.68. The largest absolute Gasteiger partial charge is 0.328 e. The van der Waals surface area contributed by atoms with E-state index in [0.29, 0.717) is 10.6 Å². The third-order valence-electron chi connectivity index (χ3n) is 3.23. The molecule has 0 heterocycles. The van der Waals surface area contributed by atoms with Gasteiger partial charge in [0.25, 0.3) is 0 Å². The SMILES string of the molecule is CC(N)CCCC(C)C(=O)Cc1ccc(Cl)cc1F. The molecule has 1 aromatic rings. The average molecular weight is 286 g/mol. The zero-order chi connectivity index (χ0) is 14.4. The highest BCUT2D eigenvalue weighted by Crippen LogP contribution is 2.18. The number of hydrogen-bond donors (Lipinski definition) is 1. The van der Waals surface area contributed by atoms with Crippen molar-refractivity contribution in [2.75, 3.05) is 0 Å². The first-order chi connectivity index (χ1) is 8.90. The van der Waals surface area contributed by atoms with E-state index in [9.17, 15) is 9.18 Å². The number of nitrogens with two attached hydrogens (primary N) is 1. The Morgan fingerprint density at radius 3 is 2.63 bits per heavy atom. The van der Waals surface area contributed by atoms with Gasteiger partial charge in [-0.15, -0.1) is 0 Å². The van der Waals surface area contributed by atoms with E-state index in [2.05, 4.69) is 0 Å². The van der Waals surface area contributed by atoms with Crippen LogP contribution in [0.15, 0.2) is 18.2 Å². The summed E-state index contributed by atoms with van der Waals surface area (Å²) in [6.07, 6.45) is 2.76. The molecule has 0 bridgehead atoms. The Morgan fingerprint density at radius 2 is 2.05 bits per heavy atom. The zero-order valence-corrected chi connectivity index (χ0v) is 12.2. The van der Waals surface area contributed by atoms with Crippen LogP contribution in [0.4, 0.5) is 4.39 Å². The first-order valence-electron chi connectivity index (χ1n) is 6.62. The number of carbonyl (C=O) groups is 1. The number of carbonyl (C=O) groups excluding carboxylic acids is 1. The number of Topliss-reactive ketones (excluding diaryl/α,β-unsaturated/α-hetero) is 1. The standard InChI is InChI=1S/C15H21ClFNO/c1-10(4-3-5-11(2)18)15(19)8-12-6-7-13(16)9-14(12)17/h6-7,9-11H,3-5,8,18H2,1-2H3. The summed E-state index contributed by atoms with van der Waals surface area (Å²) in [7, 11) is 0. The Kier molecular flexibility index (Phi) is 6.46. The second kappa shape index (κ2) is 7.61. The first kappa shape index (κ1) is 16.1. The lowest BCUT2D eigenvalue weighted by molar-refractivity contribution is -0.122. The smallest absolute Gasteiger partial charge is 0.140 e. The lowest BCUT2D eigenvalue weighted by Gasteiger charge is -2.12. The van der Waals surface area contributed by atoms with Gasteiger partial charge in [-0.2, -0.15) is 0 Å². The van der Waals surface area contributed by atoms with Crippen LogP contribution in [0.25, 0.3) is 0 Å². The summed E-state index contributed by atoms with van der Waals surface area (Å²) in [5, 5.41) is 0.346. The van der Waals surface area contributed by atoms with E-state index < -0.39 is 5.82 Å². The van der Waals surface area contributed by atoms with Crippen molar-refractivity contribution in [3.05, 3.63) is 34.6 Å². The Balaban J connectivity index is 2.49. The highest BCUT2D eigenvalue weighted by Gasteiger charge is 2.15. The molecule has 2 atom stereocenters. The van der Waals surface area contributed by atoms with E-state index in [1.807, 2.05) is 13.8 Å². The number of ketones is 1. The van der Waals surface area contributed by atoms with E-state index in [0.717, 1.165) is 19.3 Å². The van der Waals surface area contributed by atoms with Gasteiger partial charge < -0.3 is 5.73 Å². The molecule has 0 aliphatic heterocycles. The molecule has 0 fully saturated rings. The van der Waals surface area contributed by atoms with E-state index in [4.69, 9.17) is 17.3 Å². The summed E-state index contributed by atoms with van der Waals surface area (Å²) < 4.78 is 13.6. The van der Waals surface area contributed by atoms with Crippen molar-refractivity contribution in [3.8, 4) is 0 Å². The molecule has 0 radical (unpaired) electrons. The van der Waals surface area contributed by atoms with Gasteiger partial charge in [-0.05, 0) is 37.5 Å². The van der Waals surface area contributed by atoms with Gasteiger partial charge in [-0.3, -0.25) is 4.79 Å². The van der Waals surface area contributed by atoms with E-state index in [-0.39, 0.29) is 24.2 Å². The molecule has 0 aliphatic rings. The summed E-state index contributed by atoms with van der Waals surface area (Å²) in [6.45, 7) is 3.84. The maximum Gasteiger partial charge on any atom is 0.140 e. The van der Waals surface area contributed by atoms with Crippen LogP contribution in [0.5, 0.6) is 0 Å². The quantitative estimate of drug-likeness (QED) is 0.829. The minimum atomic E-state index is -0.413. The monoisotopic (exact) mass is 285 g/mol. The predicted octanol–water partition coefficient (Wildman–Crippen LogP) is 3.74. The van der Waals surface area contributed by atoms with Crippen LogP contribution in [0, 0.1) is 11.7 Å². The lowest BCUT2D eigenvalue weighted by Crippen LogP contribution is -2.17. The van der Waals surface area contributed by atoms with Crippen LogP contribution in [0.2, 0.25) is 5.02 Å². The maximum atomic E-state index is 13.6. The van der Waals surface area contributed by atoms with E-state index >= 15 is 0 Å². The highest BCUT2D eigenvalue weighted by molar-refractivity contribution is 6.30. The topological polar surface area (TPSA) is 43.1 Å². The molecule has 0 amide bonds. The van der Waals surface area contributed by atoms with Gasteiger partial charge in [0.15, 0.2) is 0 Å². The Labute approximate surface area is 119 Å². The van der Waals surface area contributed by atoms with Crippen LogP contribution < -0.4 is 5.73 Å². The predicted molar refractivity (Wildman–Crippen MR) is 76.8 cm³/mol. The van der Waals surface area contributed by atoms with Gasteiger partial charge >= 0.3 is 0 Å². The van der Waals surface area contributed by atoms with Crippen molar-refractivity contribution in [1.29, 1.82) is 0 Å². The van der Waals surface area contributed by atoms with E-state index in [1.54, 1.807) is 12.1 Å². The molecule has 2 N–H and O–H groups in total. The summed E-state index contributed by atoms with van der Waals surface area (Å²) in [5.41, 5.74) is 6.08. The van der Waals surface area contributed by atoms with Crippen molar-refractivity contribution < 1.29 is 9.18 Å². The summed E-state index contributed by atoms with van der Waals surface area (Å²) in [6, 6.07) is 4.58. The fraction of sp³-hybridized carbons (Fsp3) is 0.533. The molecule has 0 saturated carbocycles. The normalized spacial score (nSPS) is 14.2. The summed E-state index contributed by atoms with van der Waals surface area (Å²) in [4.78, 5) is 12.0. The lowest BCUT2D eigenvalue weighted by atomic mass is 9.94. The highest BCUT2D eigenvalue weighted by atomic mass is 35.5. The minimum Gasteiger partial charge on any atom is -0.328 e. The van der Waals surface area contributed by atoms with Crippen molar-refractivity contribution in [2.24, 2.45) is 11.7 Å². The van der Waals surface area contributed by atoms with Gasteiger partial charge in [-0.1, -0.05) is 31.0 Å². The van der Waals surface area contributed by atoms with Crippen LogP contribution >= 0.6 is 11.6 Å². The molecule has 1 rings (SSSR count). The third kappa shape index (κ3) is 5.70. The number of benzene rings is 1. The Bertz CT molecular complexity index is 434. The summed E-state index contributed by atoms with van der Waals surface area (Å²) in [5.74, 6) is -0.414. The first-order valence-corrected chi connectivity index (χ1v) is 7.00. The molecule has 0 spiro atoms. The van der Waals surface area contributed by atoms with Gasteiger partial charge in [-0.25, -0.2) is 4.39 Å². The molecular weight excluding hydrogens is 265 g/mol. The third-order valence-corrected chi connectivity index (χ3v) is 3.46. The van der Waals surface area contributed by atoms with Crippen LogP contribution in [0.3, 0.4) is 0 Å². The van der Waals surface area contributed by atoms with Crippen LogP contribution in [-0.4, -0.2) is 11.8 Å². The van der Waals surface area contributed by atoms with E-state index in [1.165, 1.54) is 6.07 Å². The van der Waals surface area contributed by atoms with Crippen molar-refractivity contribution in [3.63, 3.8) is 0 Å². The molecule has 1 aromatic carbocycles. The van der Waals surface area contributed by atoms with Crippen molar-refractivity contribution in [2.45, 2.75) is 45.6 Å². The molecule has 0 saturated heterocycles. The second-order valence-electron chi connectivity index (χ2n) is 5.19. The number of rotatable bonds is 7. The Morgan fingerprint density at radius 1 is 1.37 bits per heavy atom. The number of hydrogen-bond acceptors (Lipinski definition) is 2. The molecule has 2 nitrogen and oxygen atoms in total.